The molecule has 4 rings (SSSR count). The van der Waals surface area contributed by atoms with E-state index in [1.165, 1.54) is 11.3 Å². The Morgan fingerprint density at radius 2 is 2.06 bits per heavy atom. The minimum absolute atomic E-state index is 0.186. The molecule has 5 N–H and O–H groups in total. The molecule has 1 aliphatic carbocycles. The van der Waals surface area contributed by atoms with E-state index in [0.717, 1.165) is 33.8 Å². The summed E-state index contributed by atoms with van der Waals surface area (Å²) < 4.78 is 1.03. The van der Waals surface area contributed by atoms with E-state index in [-0.39, 0.29) is 6.61 Å². The fourth-order valence-corrected chi connectivity index (χ4v) is 5.31. The van der Waals surface area contributed by atoms with Crippen molar-refractivity contribution in [2.75, 3.05) is 23.8 Å². The highest BCUT2D eigenvalue weighted by Crippen LogP contribution is 2.41. The Morgan fingerprint density at radius 1 is 1.25 bits per heavy atom. The maximum Gasteiger partial charge on any atom is 0.224 e. The van der Waals surface area contributed by atoms with Crippen LogP contribution in [0.5, 0.6) is 0 Å². The zero-order valence-corrected chi connectivity index (χ0v) is 19.4. The number of hydrogen-bond acceptors (Lipinski definition) is 10. The fraction of sp³-hybridized carbons (Fsp3) is 0.545. The summed E-state index contributed by atoms with van der Waals surface area (Å²) in [6.45, 7) is 6.40. The van der Waals surface area contributed by atoms with Crippen LogP contribution >= 0.6 is 11.3 Å². The van der Waals surface area contributed by atoms with Crippen LogP contribution < -0.4 is 10.6 Å². The molecule has 1 saturated carbocycles. The van der Waals surface area contributed by atoms with Crippen molar-refractivity contribution in [2.24, 2.45) is 5.92 Å². The molecule has 0 bridgehead atoms. The molecule has 3 heterocycles. The molecule has 0 saturated heterocycles. The second kappa shape index (κ2) is 9.22. The molecule has 9 nitrogen and oxygen atoms in total. The average Bonchev–Trinajstić information content (AvgIpc) is 3.30. The van der Waals surface area contributed by atoms with Gasteiger partial charge in [0.1, 0.15) is 22.4 Å². The molecule has 3 atom stereocenters. The van der Waals surface area contributed by atoms with Gasteiger partial charge in [-0.1, -0.05) is 13.3 Å². The van der Waals surface area contributed by atoms with E-state index >= 15 is 0 Å². The normalized spacial score (nSPS) is 23.1. The number of aryl methyl sites for hydroxylation is 2. The third-order valence-electron chi connectivity index (χ3n) is 5.91. The van der Waals surface area contributed by atoms with Gasteiger partial charge >= 0.3 is 0 Å². The summed E-state index contributed by atoms with van der Waals surface area (Å²) in [5, 5.41) is 38.2. The molecule has 0 amide bonds. The second-order valence-electron chi connectivity index (χ2n) is 8.24. The summed E-state index contributed by atoms with van der Waals surface area (Å²) in [6, 6.07) is 1.95. The topological polar surface area (TPSA) is 136 Å². The zero-order chi connectivity index (χ0) is 22.9. The summed E-state index contributed by atoms with van der Waals surface area (Å²) in [6.07, 6.45) is 3.31. The van der Waals surface area contributed by atoms with Crippen LogP contribution in [0, 0.1) is 12.8 Å². The van der Waals surface area contributed by atoms with Crippen LogP contribution in [0.3, 0.4) is 0 Å². The number of nitrogens with one attached hydrogen (secondary N) is 2. The number of pyridine rings is 1. The Morgan fingerprint density at radius 3 is 2.75 bits per heavy atom. The van der Waals surface area contributed by atoms with Gasteiger partial charge in [-0.15, -0.1) is 11.3 Å². The fourth-order valence-electron chi connectivity index (χ4n) is 4.22. The molecule has 172 valence electrons. The minimum Gasteiger partial charge on any atom is -0.396 e. The van der Waals surface area contributed by atoms with Crippen molar-refractivity contribution in [3.05, 3.63) is 23.7 Å². The average molecular weight is 459 g/mol. The number of aliphatic hydroxyl groups excluding tert-OH is 2. The van der Waals surface area contributed by atoms with Gasteiger partial charge in [0.05, 0.1) is 21.7 Å². The molecular weight excluding hydrogens is 428 g/mol. The van der Waals surface area contributed by atoms with Crippen LogP contribution in [0.1, 0.15) is 44.5 Å². The molecule has 3 aromatic heterocycles. The lowest BCUT2D eigenvalue weighted by Crippen LogP contribution is -2.48. The minimum atomic E-state index is -1.60. The van der Waals surface area contributed by atoms with Gasteiger partial charge in [0.2, 0.25) is 5.95 Å². The van der Waals surface area contributed by atoms with Crippen molar-refractivity contribution in [2.45, 2.75) is 58.3 Å². The molecule has 0 radical (unpaired) electrons. The van der Waals surface area contributed by atoms with Gasteiger partial charge in [0.15, 0.2) is 5.72 Å². The number of anilines is 2. The first kappa shape index (κ1) is 22.8. The van der Waals surface area contributed by atoms with Crippen molar-refractivity contribution >= 4 is 33.3 Å². The summed E-state index contributed by atoms with van der Waals surface area (Å²) >= 11 is 1.52. The number of thiazole rings is 1. The number of nitrogens with zero attached hydrogens (tertiary/aromatic N) is 4. The number of aromatic nitrogens is 4. The Bertz CT molecular complexity index is 1110. The lowest BCUT2D eigenvalue weighted by molar-refractivity contribution is -0.0545. The first-order chi connectivity index (χ1) is 15.4. The Labute approximate surface area is 191 Å². The first-order valence-corrected chi connectivity index (χ1v) is 11.9. The van der Waals surface area contributed by atoms with Gasteiger partial charge in [-0.2, -0.15) is 4.98 Å². The Hall–Kier alpha value is -2.40. The molecular formula is C22H30N6O3S. The lowest BCUT2D eigenvalue weighted by Gasteiger charge is -2.31. The molecule has 10 heteroatoms. The Balaban J connectivity index is 1.82. The van der Waals surface area contributed by atoms with Crippen LogP contribution in [0.2, 0.25) is 0 Å². The number of hydrogen-bond donors (Lipinski definition) is 5. The van der Waals surface area contributed by atoms with Gasteiger partial charge in [-0.25, -0.2) is 9.97 Å². The molecule has 0 aromatic carbocycles. The molecule has 3 aromatic rings. The van der Waals surface area contributed by atoms with E-state index < -0.39 is 17.7 Å². The van der Waals surface area contributed by atoms with Crippen molar-refractivity contribution < 1.29 is 15.3 Å². The van der Waals surface area contributed by atoms with Gasteiger partial charge in [0, 0.05) is 25.3 Å². The van der Waals surface area contributed by atoms with E-state index in [0.29, 0.717) is 42.4 Å². The summed E-state index contributed by atoms with van der Waals surface area (Å²) in [7, 11) is 0. The number of rotatable bonds is 8. The van der Waals surface area contributed by atoms with Crippen molar-refractivity contribution in [1.82, 2.24) is 19.9 Å². The van der Waals surface area contributed by atoms with Crippen molar-refractivity contribution in [3.63, 3.8) is 0 Å². The third-order valence-corrected chi connectivity index (χ3v) is 6.95. The molecule has 1 aliphatic rings. The largest absolute Gasteiger partial charge is 0.396 e. The molecule has 32 heavy (non-hydrogen) atoms. The number of fused-ring (bicyclic) bond motifs is 1. The lowest BCUT2D eigenvalue weighted by atomic mass is 10.0. The monoisotopic (exact) mass is 458 g/mol. The molecule has 3 unspecified atom stereocenters. The Kier molecular flexibility index (Phi) is 6.57. The molecule has 0 spiro atoms. The number of aliphatic hydroxyl groups is 3. The summed E-state index contributed by atoms with van der Waals surface area (Å²) in [4.78, 5) is 18.6. The van der Waals surface area contributed by atoms with E-state index in [1.807, 2.05) is 19.9 Å². The predicted octanol–water partition coefficient (Wildman–Crippen LogP) is 2.70. The van der Waals surface area contributed by atoms with E-state index in [1.54, 1.807) is 6.20 Å². The van der Waals surface area contributed by atoms with Crippen molar-refractivity contribution in [3.8, 4) is 10.6 Å². The molecule has 1 fully saturated rings. The second-order valence-corrected chi connectivity index (χ2v) is 9.27. The van der Waals surface area contributed by atoms with Crippen LogP contribution in [0.4, 0.5) is 11.8 Å². The summed E-state index contributed by atoms with van der Waals surface area (Å²) in [5.41, 5.74) is 1.62. The third kappa shape index (κ3) is 4.15. The van der Waals surface area contributed by atoms with E-state index in [2.05, 4.69) is 32.5 Å². The zero-order valence-electron chi connectivity index (χ0n) is 18.6. The van der Waals surface area contributed by atoms with Gasteiger partial charge in [0.25, 0.3) is 0 Å². The van der Waals surface area contributed by atoms with E-state index in [9.17, 15) is 15.3 Å². The maximum absolute atomic E-state index is 11.2. The van der Waals surface area contributed by atoms with Crippen LogP contribution in [-0.4, -0.2) is 60.2 Å². The van der Waals surface area contributed by atoms with Crippen LogP contribution in [0.15, 0.2) is 12.3 Å². The predicted molar refractivity (Wildman–Crippen MR) is 126 cm³/mol. The van der Waals surface area contributed by atoms with Crippen LogP contribution in [0.25, 0.3) is 20.8 Å². The SMILES string of the molecule is CCCc1nccc2sc(-c3c(C)nc(NCC)nc3NC3(O)CCC(CO)C3O)nc12. The summed E-state index contributed by atoms with van der Waals surface area (Å²) in [5.74, 6) is 0.440. The highest BCUT2D eigenvalue weighted by atomic mass is 32.1. The highest BCUT2D eigenvalue weighted by Gasteiger charge is 2.47. The smallest absolute Gasteiger partial charge is 0.224 e. The van der Waals surface area contributed by atoms with Crippen LogP contribution in [-0.2, 0) is 6.42 Å². The quantitative estimate of drug-likeness (QED) is 0.323. The van der Waals surface area contributed by atoms with E-state index in [4.69, 9.17) is 4.98 Å². The first-order valence-electron chi connectivity index (χ1n) is 11.1. The maximum atomic E-state index is 11.2. The van der Waals surface area contributed by atoms with Crippen molar-refractivity contribution in [1.29, 1.82) is 0 Å². The van der Waals surface area contributed by atoms with Gasteiger partial charge in [-0.05, 0) is 39.2 Å². The molecule has 0 aliphatic heterocycles. The van der Waals surface area contributed by atoms with Gasteiger partial charge < -0.3 is 26.0 Å². The van der Waals surface area contributed by atoms with Gasteiger partial charge in [-0.3, -0.25) is 4.98 Å². The standard InChI is InChI=1S/C22H30N6O3S/c1-4-6-14-17-15(8-10-24-14)32-20(26-17)16-12(3)25-21(23-5-2)27-19(16)28-22(31)9-7-13(11-29)18(22)30/h8,10,13,18,29-31H,4-7,9,11H2,1-3H3,(H2,23,25,27,28). The highest BCUT2D eigenvalue weighted by molar-refractivity contribution is 7.21.